The minimum absolute atomic E-state index is 0.118. The van der Waals surface area contributed by atoms with Crippen LogP contribution in [0, 0.1) is 0 Å². The Hall–Kier alpha value is -4.77. The molecule has 1 saturated carbocycles. The molecule has 0 amide bonds. The van der Waals surface area contributed by atoms with E-state index in [0.717, 1.165) is 46.4 Å². The van der Waals surface area contributed by atoms with Crippen LogP contribution in [0.3, 0.4) is 0 Å². The molecule has 5 aromatic rings. The molecular formula is C36H34N2O3. The lowest BCUT2D eigenvalue weighted by Crippen LogP contribution is -2.26. The highest BCUT2D eigenvalue weighted by molar-refractivity contribution is 5.88. The predicted molar refractivity (Wildman–Crippen MR) is 164 cm³/mol. The zero-order valence-corrected chi connectivity index (χ0v) is 23.2. The van der Waals surface area contributed by atoms with Crippen LogP contribution in [0.5, 0.6) is 11.5 Å². The Morgan fingerprint density at radius 3 is 1.98 bits per heavy atom. The van der Waals surface area contributed by atoms with Crippen LogP contribution < -0.4 is 15.2 Å². The van der Waals surface area contributed by atoms with Gasteiger partial charge < -0.3 is 9.47 Å². The van der Waals surface area contributed by atoms with Gasteiger partial charge in [-0.3, -0.25) is 9.13 Å². The Balaban J connectivity index is 1.45. The second kappa shape index (κ2) is 12.2. The van der Waals surface area contributed by atoms with Crippen LogP contribution >= 0.6 is 0 Å². The molecule has 41 heavy (non-hydrogen) atoms. The second-order valence-electron chi connectivity index (χ2n) is 10.4. The first-order chi connectivity index (χ1) is 20.2. The smallest absolute Gasteiger partial charge is 0.333 e. The van der Waals surface area contributed by atoms with Crippen molar-refractivity contribution in [3.05, 3.63) is 154 Å². The summed E-state index contributed by atoms with van der Waals surface area (Å²) in [4.78, 5) is 14.0. The second-order valence-corrected chi connectivity index (χ2v) is 10.4. The van der Waals surface area contributed by atoms with E-state index < -0.39 is 0 Å². The first kappa shape index (κ1) is 26.5. The molecule has 1 heterocycles. The quantitative estimate of drug-likeness (QED) is 0.192. The third kappa shape index (κ3) is 5.75. The van der Waals surface area contributed by atoms with Gasteiger partial charge in [0.2, 0.25) is 0 Å². The van der Waals surface area contributed by atoms with E-state index in [-0.39, 0.29) is 17.8 Å². The van der Waals surface area contributed by atoms with Crippen LogP contribution in [0.2, 0.25) is 0 Å². The zero-order valence-electron chi connectivity index (χ0n) is 23.2. The van der Waals surface area contributed by atoms with Gasteiger partial charge in [-0.1, -0.05) is 97.1 Å². The molecule has 0 atom stereocenters. The van der Waals surface area contributed by atoms with Crippen LogP contribution in [-0.2, 0) is 0 Å². The molecule has 5 heteroatoms. The number of nitrogens with zero attached hydrogens (tertiary/aromatic N) is 2. The van der Waals surface area contributed by atoms with E-state index >= 15 is 0 Å². The molecule has 0 radical (unpaired) electrons. The highest BCUT2D eigenvalue weighted by Gasteiger charge is 2.21. The van der Waals surface area contributed by atoms with Crippen molar-refractivity contribution in [2.24, 2.45) is 0 Å². The Labute approximate surface area is 240 Å². The summed E-state index contributed by atoms with van der Waals surface area (Å²) in [6, 6.07) is 36.2. The monoisotopic (exact) mass is 542 g/mol. The van der Waals surface area contributed by atoms with Crippen molar-refractivity contribution < 1.29 is 9.47 Å². The maximum absolute atomic E-state index is 14.0. The van der Waals surface area contributed by atoms with Crippen LogP contribution in [0.4, 0.5) is 0 Å². The number of aromatic nitrogens is 2. The molecule has 1 aromatic heterocycles. The van der Waals surface area contributed by atoms with Crippen molar-refractivity contribution in [2.45, 2.75) is 37.8 Å². The largest absolute Gasteiger partial charge is 0.493 e. The summed E-state index contributed by atoms with van der Waals surface area (Å²) in [6.07, 6.45) is 10.3. The topological polar surface area (TPSA) is 45.4 Å². The lowest BCUT2D eigenvalue weighted by molar-refractivity contribution is 0.201. The van der Waals surface area contributed by atoms with Crippen molar-refractivity contribution in [2.75, 3.05) is 7.11 Å². The number of imidazole rings is 1. The normalized spacial score (nSPS) is 14.0. The van der Waals surface area contributed by atoms with Gasteiger partial charge in [0.25, 0.3) is 0 Å². The maximum atomic E-state index is 14.0. The van der Waals surface area contributed by atoms with Gasteiger partial charge in [0.1, 0.15) is 0 Å². The number of benzene rings is 4. The Morgan fingerprint density at radius 2 is 1.37 bits per heavy atom. The Bertz CT molecular complexity index is 1630. The van der Waals surface area contributed by atoms with E-state index in [1.54, 1.807) is 16.2 Å². The first-order valence-electron chi connectivity index (χ1n) is 14.2. The summed E-state index contributed by atoms with van der Waals surface area (Å²) < 4.78 is 15.5. The van der Waals surface area contributed by atoms with Crippen LogP contribution in [0.15, 0.2) is 126 Å². The fraction of sp³-hybridized carbons (Fsp3) is 0.194. The fourth-order valence-corrected chi connectivity index (χ4v) is 5.68. The summed E-state index contributed by atoms with van der Waals surface area (Å²) >= 11 is 0. The summed E-state index contributed by atoms with van der Waals surface area (Å²) in [5, 5.41) is 0. The average molecular weight is 543 g/mol. The molecular weight excluding hydrogens is 508 g/mol. The summed E-state index contributed by atoms with van der Waals surface area (Å²) in [5.41, 5.74) is 4.86. The average Bonchev–Trinajstić information content (AvgIpc) is 3.67. The molecule has 0 spiro atoms. The molecule has 0 N–H and O–H groups in total. The molecule has 0 saturated heterocycles. The van der Waals surface area contributed by atoms with E-state index in [1.165, 1.54) is 12.8 Å². The Kier molecular flexibility index (Phi) is 7.85. The van der Waals surface area contributed by atoms with Gasteiger partial charge in [-0.05, 0) is 60.1 Å². The SMILES string of the molecule is COc1ccc(C(=Cn2ccn(C(c3ccccc3)c3ccccc3)c2=O)c2ccccc2)cc1OC1CCCC1. The van der Waals surface area contributed by atoms with E-state index in [9.17, 15) is 4.79 Å². The van der Waals surface area contributed by atoms with Crippen LogP contribution in [0.25, 0.3) is 11.8 Å². The van der Waals surface area contributed by atoms with Gasteiger partial charge >= 0.3 is 5.69 Å². The van der Waals surface area contributed by atoms with Gasteiger partial charge in [0.05, 0.1) is 19.3 Å². The molecule has 0 aliphatic heterocycles. The standard InChI is InChI=1S/C36H34N2O3/c1-40-33-22-21-30(25-34(33)41-31-19-11-12-20-31)32(27-13-5-2-6-14-27)26-37-23-24-38(36(37)39)35(28-15-7-3-8-16-28)29-17-9-4-10-18-29/h2-10,13-18,21-26,31,35H,11-12,19-20H2,1H3. The minimum Gasteiger partial charge on any atom is -0.493 e. The van der Waals surface area contributed by atoms with E-state index in [2.05, 4.69) is 36.4 Å². The van der Waals surface area contributed by atoms with E-state index in [4.69, 9.17) is 9.47 Å². The predicted octanol–water partition coefficient (Wildman–Crippen LogP) is 7.66. The molecule has 6 rings (SSSR count). The molecule has 1 aliphatic rings. The highest BCUT2D eigenvalue weighted by atomic mass is 16.5. The lowest BCUT2D eigenvalue weighted by Gasteiger charge is -2.19. The summed E-state index contributed by atoms with van der Waals surface area (Å²) in [6.45, 7) is 0. The number of rotatable bonds is 9. The van der Waals surface area contributed by atoms with Gasteiger partial charge in [-0.15, -0.1) is 0 Å². The molecule has 1 aliphatic carbocycles. The molecule has 0 bridgehead atoms. The van der Waals surface area contributed by atoms with Crippen LogP contribution in [0.1, 0.15) is 54.0 Å². The van der Waals surface area contributed by atoms with E-state index in [1.807, 2.05) is 91.4 Å². The molecule has 206 valence electrons. The lowest BCUT2D eigenvalue weighted by atomic mass is 9.98. The molecule has 4 aromatic carbocycles. The summed E-state index contributed by atoms with van der Waals surface area (Å²) in [5.74, 6) is 1.45. The van der Waals surface area contributed by atoms with Crippen molar-refractivity contribution >= 4 is 11.8 Å². The first-order valence-corrected chi connectivity index (χ1v) is 14.2. The number of ether oxygens (including phenoxy) is 2. The third-order valence-corrected chi connectivity index (χ3v) is 7.76. The maximum Gasteiger partial charge on any atom is 0.333 e. The highest BCUT2D eigenvalue weighted by Crippen LogP contribution is 2.36. The Morgan fingerprint density at radius 1 is 0.756 bits per heavy atom. The molecule has 0 unspecified atom stereocenters. The van der Waals surface area contributed by atoms with Gasteiger partial charge in [-0.25, -0.2) is 4.79 Å². The third-order valence-electron chi connectivity index (χ3n) is 7.76. The minimum atomic E-state index is -0.243. The van der Waals surface area contributed by atoms with Gasteiger partial charge in [0.15, 0.2) is 11.5 Å². The molecule has 5 nitrogen and oxygen atoms in total. The zero-order chi connectivity index (χ0) is 28.0. The molecule has 1 fully saturated rings. The fourth-order valence-electron chi connectivity index (χ4n) is 5.68. The van der Waals surface area contributed by atoms with Crippen LogP contribution in [-0.4, -0.2) is 22.3 Å². The van der Waals surface area contributed by atoms with Gasteiger partial charge in [0, 0.05) is 24.2 Å². The number of methoxy groups -OCH3 is 1. The number of hydrogen-bond acceptors (Lipinski definition) is 3. The van der Waals surface area contributed by atoms with Crippen molar-refractivity contribution in [1.82, 2.24) is 9.13 Å². The van der Waals surface area contributed by atoms with E-state index in [0.29, 0.717) is 5.75 Å². The van der Waals surface area contributed by atoms with Gasteiger partial charge in [-0.2, -0.15) is 0 Å². The van der Waals surface area contributed by atoms with Crippen molar-refractivity contribution in [3.63, 3.8) is 0 Å². The van der Waals surface area contributed by atoms with Crippen molar-refractivity contribution in [1.29, 1.82) is 0 Å². The summed E-state index contributed by atoms with van der Waals surface area (Å²) in [7, 11) is 1.67. The number of hydrogen-bond donors (Lipinski definition) is 0. The van der Waals surface area contributed by atoms with Crippen molar-refractivity contribution in [3.8, 4) is 11.5 Å².